The number of aromatic nitrogens is 3. The number of carboxylic acids is 1. The summed E-state index contributed by atoms with van der Waals surface area (Å²) in [5.74, 6) is -0.549. The molecule has 6 nitrogen and oxygen atoms in total. The second-order valence-corrected chi connectivity index (χ2v) is 8.60. The Morgan fingerprint density at radius 2 is 1.87 bits per heavy atom. The summed E-state index contributed by atoms with van der Waals surface area (Å²) in [6.07, 6.45) is 6.11. The summed E-state index contributed by atoms with van der Waals surface area (Å²) in [6, 6.07) is 9.70. The SMILES string of the molecule is Cc1c(-c2ccc3n[nH]c(C4CC4)c3c2)ccn2c(=O)c(C(=O)[O-])cc(C3CC3)c12.[K+]. The molecule has 0 atom stereocenters. The van der Waals surface area contributed by atoms with E-state index in [-0.39, 0.29) is 56.9 Å². The van der Waals surface area contributed by atoms with E-state index in [2.05, 4.69) is 22.3 Å². The molecule has 2 saturated carbocycles. The van der Waals surface area contributed by atoms with Crippen molar-refractivity contribution in [1.82, 2.24) is 14.6 Å². The molecule has 2 aliphatic carbocycles. The standard InChI is InChI=1S/C24H21N3O3.K/c1-12-16(15-6-7-20-18(10-15)21(26-25-20)14-4-5-14)8-9-27-22(12)17(13-2-3-13)11-19(23(27)28)24(29)30;/h6-11,13-14H,2-5H2,1H3,(H,25,26)(H,29,30);/q;+1/p-1. The minimum atomic E-state index is -1.42. The quantitative estimate of drug-likeness (QED) is 0.464. The van der Waals surface area contributed by atoms with Crippen molar-refractivity contribution in [1.29, 1.82) is 0 Å². The molecular weight excluding hydrogens is 417 g/mol. The summed E-state index contributed by atoms with van der Waals surface area (Å²) >= 11 is 0. The number of carbonyl (C=O) groups is 1. The number of benzene rings is 1. The number of hydrogen-bond acceptors (Lipinski definition) is 4. The van der Waals surface area contributed by atoms with Crippen molar-refractivity contribution < 1.29 is 61.3 Å². The van der Waals surface area contributed by atoms with E-state index >= 15 is 0 Å². The number of nitrogens with zero attached hydrogens (tertiary/aromatic N) is 2. The molecular formula is C24H20KN3O3. The van der Waals surface area contributed by atoms with Gasteiger partial charge in [0.1, 0.15) is 0 Å². The molecule has 2 aliphatic rings. The van der Waals surface area contributed by atoms with Gasteiger partial charge < -0.3 is 9.90 Å². The Labute approximate surface area is 221 Å². The molecule has 0 amide bonds. The van der Waals surface area contributed by atoms with Gasteiger partial charge in [-0.05, 0) is 85.0 Å². The first-order valence-corrected chi connectivity index (χ1v) is 10.4. The van der Waals surface area contributed by atoms with Crippen LogP contribution in [-0.2, 0) is 0 Å². The fourth-order valence-electron chi connectivity index (χ4n) is 4.64. The smallest absolute Gasteiger partial charge is 0.545 e. The molecule has 7 heteroatoms. The topological polar surface area (TPSA) is 90.3 Å². The zero-order valence-corrected chi connectivity index (χ0v) is 20.7. The van der Waals surface area contributed by atoms with Gasteiger partial charge in [0.05, 0.1) is 22.6 Å². The van der Waals surface area contributed by atoms with E-state index in [1.165, 1.54) is 29.0 Å². The van der Waals surface area contributed by atoms with Crippen LogP contribution in [0.2, 0.25) is 0 Å². The van der Waals surface area contributed by atoms with Crippen molar-refractivity contribution in [3.63, 3.8) is 0 Å². The molecule has 0 bridgehead atoms. The Balaban J connectivity index is 0.00000204. The van der Waals surface area contributed by atoms with Gasteiger partial charge in [-0.1, -0.05) is 6.07 Å². The Morgan fingerprint density at radius 3 is 2.55 bits per heavy atom. The number of aromatic carboxylic acids is 1. The largest absolute Gasteiger partial charge is 1.00 e. The Hall–Kier alpha value is -1.77. The fraction of sp³-hybridized carbons (Fsp3) is 0.292. The van der Waals surface area contributed by atoms with Crippen LogP contribution in [0.25, 0.3) is 27.5 Å². The van der Waals surface area contributed by atoms with Gasteiger partial charge in [0.25, 0.3) is 5.56 Å². The third-order valence-corrected chi connectivity index (χ3v) is 6.53. The normalized spacial score (nSPS) is 15.9. The summed E-state index contributed by atoms with van der Waals surface area (Å²) in [7, 11) is 0. The molecule has 0 spiro atoms. The van der Waals surface area contributed by atoms with E-state index in [1.807, 2.05) is 19.1 Å². The average molecular weight is 438 g/mol. The summed E-state index contributed by atoms with van der Waals surface area (Å²) in [5, 5.41) is 20.3. The van der Waals surface area contributed by atoms with Gasteiger partial charge in [-0.25, -0.2) is 0 Å². The molecule has 0 radical (unpaired) electrons. The van der Waals surface area contributed by atoms with Gasteiger partial charge in [0.2, 0.25) is 0 Å². The molecule has 0 saturated heterocycles. The van der Waals surface area contributed by atoms with Crippen molar-refractivity contribution in [2.24, 2.45) is 0 Å². The minimum Gasteiger partial charge on any atom is -0.545 e. The van der Waals surface area contributed by atoms with Crippen molar-refractivity contribution in [3.05, 3.63) is 69.3 Å². The fourth-order valence-corrected chi connectivity index (χ4v) is 4.64. The molecule has 1 aromatic carbocycles. The number of rotatable bonds is 4. The first kappa shape index (κ1) is 21.1. The van der Waals surface area contributed by atoms with Gasteiger partial charge in [-0.15, -0.1) is 0 Å². The number of hydrogen-bond donors (Lipinski definition) is 1. The van der Waals surface area contributed by atoms with Crippen LogP contribution in [0.4, 0.5) is 0 Å². The van der Waals surface area contributed by atoms with E-state index in [0.29, 0.717) is 11.8 Å². The Bertz CT molecular complexity index is 1430. The number of nitrogens with one attached hydrogen (secondary N) is 1. The second-order valence-electron chi connectivity index (χ2n) is 8.60. The Morgan fingerprint density at radius 1 is 1.13 bits per heavy atom. The molecule has 31 heavy (non-hydrogen) atoms. The minimum absolute atomic E-state index is 0. The van der Waals surface area contributed by atoms with Crippen LogP contribution < -0.4 is 62.1 Å². The zero-order valence-electron chi connectivity index (χ0n) is 17.6. The molecule has 0 aliphatic heterocycles. The molecule has 3 heterocycles. The van der Waals surface area contributed by atoms with Crippen molar-refractivity contribution >= 4 is 22.4 Å². The maximum atomic E-state index is 12.8. The molecule has 2 fully saturated rings. The monoisotopic (exact) mass is 437 g/mol. The van der Waals surface area contributed by atoms with E-state index < -0.39 is 11.5 Å². The van der Waals surface area contributed by atoms with Crippen LogP contribution >= 0.6 is 0 Å². The van der Waals surface area contributed by atoms with Gasteiger partial charge in [-0.3, -0.25) is 14.3 Å². The average Bonchev–Trinajstić information content (AvgIpc) is 3.66. The number of fused-ring (bicyclic) bond motifs is 2. The van der Waals surface area contributed by atoms with E-state index in [0.717, 1.165) is 51.5 Å². The molecule has 1 N–H and O–H groups in total. The van der Waals surface area contributed by atoms with E-state index in [9.17, 15) is 14.7 Å². The van der Waals surface area contributed by atoms with Gasteiger partial charge in [-0.2, -0.15) is 5.10 Å². The van der Waals surface area contributed by atoms with E-state index in [1.54, 1.807) is 6.20 Å². The van der Waals surface area contributed by atoms with Crippen LogP contribution in [0.1, 0.15) is 64.7 Å². The third-order valence-electron chi connectivity index (χ3n) is 6.53. The third kappa shape index (κ3) is 3.43. The summed E-state index contributed by atoms with van der Waals surface area (Å²) in [5.41, 5.74) is 6.21. The summed E-state index contributed by atoms with van der Waals surface area (Å²) < 4.78 is 1.48. The van der Waals surface area contributed by atoms with Crippen molar-refractivity contribution in [2.45, 2.75) is 44.4 Å². The number of aromatic amines is 1. The molecule has 6 rings (SSSR count). The van der Waals surface area contributed by atoms with Crippen LogP contribution in [0.5, 0.6) is 0 Å². The molecule has 3 aromatic heterocycles. The molecule has 0 unspecified atom stereocenters. The number of carbonyl (C=O) groups excluding carboxylic acids is 1. The second kappa shape index (κ2) is 7.67. The zero-order chi connectivity index (χ0) is 20.6. The van der Waals surface area contributed by atoms with Gasteiger partial charge >= 0.3 is 51.4 Å². The molecule has 4 aromatic rings. The predicted molar refractivity (Wildman–Crippen MR) is 112 cm³/mol. The number of carboxylic acid groups (broad SMARTS) is 1. The number of H-pyrrole nitrogens is 1. The summed E-state index contributed by atoms with van der Waals surface area (Å²) in [6.45, 7) is 2.01. The van der Waals surface area contributed by atoms with Gasteiger partial charge in [0.15, 0.2) is 0 Å². The maximum absolute atomic E-state index is 12.8. The maximum Gasteiger partial charge on any atom is 1.00 e. The predicted octanol–water partition coefficient (Wildman–Crippen LogP) is 0.274. The van der Waals surface area contributed by atoms with Crippen molar-refractivity contribution in [2.75, 3.05) is 0 Å². The molecule has 150 valence electrons. The van der Waals surface area contributed by atoms with E-state index in [4.69, 9.17) is 0 Å². The van der Waals surface area contributed by atoms with Crippen LogP contribution in [0.3, 0.4) is 0 Å². The Kier molecular flexibility index (Phi) is 5.22. The number of aryl methyl sites for hydroxylation is 1. The van der Waals surface area contributed by atoms with Crippen molar-refractivity contribution in [3.8, 4) is 11.1 Å². The van der Waals surface area contributed by atoms with Gasteiger partial charge in [0, 0.05) is 23.2 Å². The van der Waals surface area contributed by atoms with Crippen LogP contribution in [-0.4, -0.2) is 20.6 Å². The number of pyridine rings is 2. The van der Waals surface area contributed by atoms with Crippen LogP contribution in [0.15, 0.2) is 41.3 Å². The first-order chi connectivity index (χ1) is 14.5. The van der Waals surface area contributed by atoms with Crippen LogP contribution in [0, 0.1) is 6.92 Å². The summed E-state index contributed by atoms with van der Waals surface area (Å²) in [4.78, 5) is 24.3. The first-order valence-electron chi connectivity index (χ1n) is 10.4.